The molecule has 1 heterocycles. The van der Waals surface area contributed by atoms with Gasteiger partial charge >= 0.3 is 5.97 Å². The molecule has 0 radical (unpaired) electrons. The zero-order valence-corrected chi connectivity index (χ0v) is 17.1. The maximum absolute atomic E-state index is 12.0. The number of methoxy groups -OCH3 is 1. The summed E-state index contributed by atoms with van der Waals surface area (Å²) in [5, 5.41) is 1.93. The number of hydrogen-bond donors (Lipinski definition) is 0. The van der Waals surface area contributed by atoms with Gasteiger partial charge in [-0.3, -0.25) is 9.98 Å². The summed E-state index contributed by atoms with van der Waals surface area (Å²) >= 11 is 0. The molecule has 0 fully saturated rings. The molecular formula is C27H20N2O2. The van der Waals surface area contributed by atoms with Gasteiger partial charge < -0.3 is 4.74 Å². The summed E-state index contributed by atoms with van der Waals surface area (Å²) in [7, 11) is 1.39. The molecule has 0 amide bonds. The first-order valence-corrected chi connectivity index (χ1v) is 10.1. The number of esters is 1. The molecule has 0 spiro atoms. The lowest BCUT2D eigenvalue weighted by molar-refractivity contribution is 0.0601. The molecule has 31 heavy (non-hydrogen) atoms. The minimum Gasteiger partial charge on any atom is -0.465 e. The molecule has 4 nitrogen and oxygen atoms in total. The van der Waals surface area contributed by atoms with Crippen LogP contribution in [-0.4, -0.2) is 24.5 Å². The average molecular weight is 404 g/mol. The number of nitrogens with zero attached hydrogens (tertiary/aromatic N) is 2. The molecule has 4 aromatic rings. The van der Waals surface area contributed by atoms with Crippen molar-refractivity contribution in [3.05, 3.63) is 108 Å². The molecule has 0 aromatic heterocycles. The van der Waals surface area contributed by atoms with Crippen molar-refractivity contribution in [1.29, 1.82) is 0 Å². The highest BCUT2D eigenvalue weighted by Gasteiger charge is 2.17. The first kappa shape index (κ1) is 18.9. The van der Waals surface area contributed by atoms with Gasteiger partial charge in [-0.1, -0.05) is 66.7 Å². The Morgan fingerprint density at radius 3 is 1.81 bits per heavy atom. The van der Waals surface area contributed by atoms with Crippen LogP contribution in [0.25, 0.3) is 10.8 Å². The molecule has 4 aromatic carbocycles. The molecule has 0 unspecified atom stereocenters. The zero-order chi connectivity index (χ0) is 21.2. The van der Waals surface area contributed by atoms with Gasteiger partial charge in [0.2, 0.25) is 0 Å². The van der Waals surface area contributed by atoms with Crippen molar-refractivity contribution in [3.63, 3.8) is 0 Å². The first-order chi connectivity index (χ1) is 15.2. The van der Waals surface area contributed by atoms with Crippen molar-refractivity contribution < 1.29 is 9.53 Å². The lowest BCUT2D eigenvalue weighted by Gasteiger charge is -2.07. The normalized spacial score (nSPS) is 13.1. The van der Waals surface area contributed by atoms with E-state index in [4.69, 9.17) is 14.7 Å². The van der Waals surface area contributed by atoms with Crippen LogP contribution in [0.15, 0.2) is 101 Å². The van der Waals surface area contributed by atoms with Crippen molar-refractivity contribution in [2.45, 2.75) is 6.42 Å². The zero-order valence-electron chi connectivity index (χ0n) is 17.1. The van der Waals surface area contributed by atoms with E-state index in [2.05, 4.69) is 24.3 Å². The third kappa shape index (κ3) is 3.76. The summed E-state index contributed by atoms with van der Waals surface area (Å²) in [5.74, 6) is -0.352. The molecule has 0 N–H and O–H groups in total. The second kappa shape index (κ2) is 8.00. The third-order valence-corrected chi connectivity index (χ3v) is 5.41. The highest BCUT2D eigenvalue weighted by Crippen LogP contribution is 2.37. The molecule has 0 saturated heterocycles. The Morgan fingerprint density at radius 2 is 1.26 bits per heavy atom. The number of hydrogen-bond acceptors (Lipinski definition) is 4. The van der Waals surface area contributed by atoms with Crippen LogP contribution in [-0.2, 0) is 4.74 Å². The van der Waals surface area contributed by atoms with E-state index in [1.807, 2.05) is 60.7 Å². The van der Waals surface area contributed by atoms with E-state index >= 15 is 0 Å². The van der Waals surface area contributed by atoms with Gasteiger partial charge in [0.25, 0.3) is 0 Å². The van der Waals surface area contributed by atoms with Crippen LogP contribution in [0.3, 0.4) is 0 Å². The molecule has 4 heteroatoms. The Morgan fingerprint density at radius 1 is 0.710 bits per heavy atom. The van der Waals surface area contributed by atoms with Crippen LogP contribution in [0.1, 0.15) is 27.9 Å². The smallest absolute Gasteiger partial charge is 0.337 e. The molecule has 0 aliphatic carbocycles. The summed E-state index contributed by atoms with van der Waals surface area (Å²) in [5.41, 5.74) is 6.23. The molecule has 1 aliphatic rings. The molecular weight excluding hydrogens is 384 g/mol. The van der Waals surface area contributed by atoms with Gasteiger partial charge in [-0.25, -0.2) is 4.79 Å². The molecule has 0 saturated carbocycles. The van der Waals surface area contributed by atoms with E-state index < -0.39 is 0 Å². The predicted molar refractivity (Wildman–Crippen MR) is 125 cm³/mol. The predicted octanol–water partition coefficient (Wildman–Crippen LogP) is 6.27. The summed E-state index contributed by atoms with van der Waals surface area (Å²) in [4.78, 5) is 22.0. The van der Waals surface area contributed by atoms with Gasteiger partial charge in [-0.2, -0.15) is 0 Å². The van der Waals surface area contributed by atoms with Gasteiger partial charge in [-0.05, 0) is 46.2 Å². The van der Waals surface area contributed by atoms with Crippen LogP contribution < -0.4 is 0 Å². The topological polar surface area (TPSA) is 51.0 Å². The Balaban J connectivity index is 1.72. The first-order valence-electron chi connectivity index (χ1n) is 10.1. The van der Waals surface area contributed by atoms with Gasteiger partial charge in [-0.15, -0.1) is 0 Å². The SMILES string of the molecule is COC(=O)c1ccc2cc3c(cc2c1)N=C(c1ccccc1)CC(c1ccccc1)=N3. The van der Waals surface area contributed by atoms with E-state index in [9.17, 15) is 4.79 Å². The average Bonchev–Trinajstić information content (AvgIpc) is 3.02. The quantitative estimate of drug-likeness (QED) is 0.378. The summed E-state index contributed by atoms with van der Waals surface area (Å²) in [6, 6.07) is 30.0. The second-order valence-corrected chi connectivity index (χ2v) is 7.42. The van der Waals surface area contributed by atoms with Crippen molar-refractivity contribution in [2.75, 3.05) is 7.11 Å². The number of rotatable bonds is 3. The van der Waals surface area contributed by atoms with E-state index in [-0.39, 0.29) is 5.97 Å². The maximum atomic E-state index is 12.0. The van der Waals surface area contributed by atoms with Crippen LogP contribution in [0.4, 0.5) is 11.4 Å². The standard InChI is InChI=1S/C27H20N2O2/c1-31-27(30)21-13-12-20-15-25-26(16-22(20)14-21)29-24(19-10-6-3-7-11-19)17-23(28-25)18-8-4-2-5-9-18/h2-16H,17H2,1H3. The van der Waals surface area contributed by atoms with Crippen molar-refractivity contribution >= 4 is 39.5 Å². The Kier molecular flexibility index (Phi) is 4.89. The molecule has 0 atom stereocenters. The lowest BCUT2D eigenvalue weighted by Crippen LogP contribution is -2.09. The Hall–Kier alpha value is -4.05. The highest BCUT2D eigenvalue weighted by molar-refractivity contribution is 6.20. The summed E-state index contributed by atoms with van der Waals surface area (Å²) in [6.07, 6.45) is 0.631. The largest absolute Gasteiger partial charge is 0.465 e. The van der Waals surface area contributed by atoms with E-state index in [0.29, 0.717) is 12.0 Å². The third-order valence-electron chi connectivity index (χ3n) is 5.41. The van der Waals surface area contributed by atoms with Crippen LogP contribution in [0.5, 0.6) is 0 Å². The summed E-state index contributed by atoms with van der Waals surface area (Å²) in [6.45, 7) is 0. The minimum atomic E-state index is -0.352. The number of benzene rings is 4. The number of aliphatic imine (C=N–C) groups is 2. The number of fused-ring (bicyclic) bond motifs is 2. The second-order valence-electron chi connectivity index (χ2n) is 7.42. The van der Waals surface area contributed by atoms with Gasteiger partial charge in [0.1, 0.15) is 0 Å². The van der Waals surface area contributed by atoms with Crippen molar-refractivity contribution in [1.82, 2.24) is 0 Å². The Bertz CT molecular complexity index is 1340. The fraction of sp³-hybridized carbons (Fsp3) is 0.0741. The van der Waals surface area contributed by atoms with Crippen LogP contribution in [0.2, 0.25) is 0 Å². The highest BCUT2D eigenvalue weighted by atomic mass is 16.5. The molecule has 150 valence electrons. The molecule has 5 rings (SSSR count). The fourth-order valence-corrected chi connectivity index (χ4v) is 3.82. The van der Waals surface area contributed by atoms with Crippen LogP contribution in [0, 0.1) is 0 Å². The monoisotopic (exact) mass is 404 g/mol. The van der Waals surface area contributed by atoms with Crippen molar-refractivity contribution in [2.24, 2.45) is 9.98 Å². The number of ether oxygens (including phenoxy) is 1. The van der Waals surface area contributed by atoms with Crippen LogP contribution >= 0.6 is 0 Å². The fourth-order valence-electron chi connectivity index (χ4n) is 3.82. The minimum absolute atomic E-state index is 0.352. The van der Waals surface area contributed by atoms with Crippen molar-refractivity contribution in [3.8, 4) is 0 Å². The number of carbonyl (C=O) groups is 1. The summed E-state index contributed by atoms with van der Waals surface area (Å²) < 4.78 is 4.87. The van der Waals surface area contributed by atoms with Gasteiger partial charge in [0, 0.05) is 6.42 Å². The number of carbonyl (C=O) groups excluding carboxylic acids is 1. The lowest BCUT2D eigenvalue weighted by atomic mass is 10.00. The van der Waals surface area contributed by atoms with E-state index in [0.717, 1.165) is 44.7 Å². The van der Waals surface area contributed by atoms with E-state index in [1.165, 1.54) is 7.11 Å². The maximum Gasteiger partial charge on any atom is 0.337 e. The van der Waals surface area contributed by atoms with E-state index in [1.54, 1.807) is 6.07 Å². The van der Waals surface area contributed by atoms with Gasteiger partial charge in [0.15, 0.2) is 0 Å². The Labute approximate surface area is 180 Å². The molecule has 0 bridgehead atoms. The van der Waals surface area contributed by atoms with Gasteiger partial charge in [0.05, 0.1) is 35.5 Å². The molecule has 1 aliphatic heterocycles.